The first-order valence-electron chi connectivity index (χ1n) is 3.73. The molecule has 0 aliphatic rings. The number of carbonyl (C=O) groups excluding carboxylic acids is 2. The van der Waals surface area contributed by atoms with Gasteiger partial charge < -0.3 is 0 Å². The van der Waals surface area contributed by atoms with E-state index in [4.69, 9.17) is 20.4 Å². The molecule has 0 saturated heterocycles. The molecule has 4 nitrogen and oxygen atoms in total. The minimum atomic E-state index is 0. The van der Waals surface area contributed by atoms with Gasteiger partial charge in [-0.25, -0.2) is 20.4 Å². The van der Waals surface area contributed by atoms with Gasteiger partial charge in [-0.3, -0.25) is 0 Å². The van der Waals surface area contributed by atoms with Crippen molar-refractivity contribution in [3.8, 4) is 0 Å². The third-order valence-electron chi connectivity index (χ3n) is 1.22. The van der Waals surface area contributed by atoms with Gasteiger partial charge in [-0.05, 0) is 13.8 Å². The first-order chi connectivity index (χ1) is 6.62. The SMILES string of the molecule is C.Cc1ccc(C)cc1.N=C=O.N=C=O. The van der Waals surface area contributed by atoms with E-state index in [-0.39, 0.29) is 7.43 Å². The number of aryl methyl sites for hydroxylation is 2. The van der Waals surface area contributed by atoms with Crippen LogP contribution in [-0.2, 0) is 9.59 Å². The van der Waals surface area contributed by atoms with E-state index in [1.807, 2.05) is 0 Å². The third-order valence-corrected chi connectivity index (χ3v) is 1.22. The standard InChI is InChI=1S/C8H10.2CHNO.CH4/c1-7-3-5-8(2)6-4-7;2*2-1-3;/h3-6H,1-2H3;2*2H;1H4. The summed E-state index contributed by atoms with van der Waals surface area (Å²) in [6.07, 6.45) is 1.50. The average Bonchev–Trinajstić information content (AvgIpc) is 2.13. The second-order valence-corrected chi connectivity index (χ2v) is 2.36. The maximum Gasteiger partial charge on any atom is 0.231 e. The van der Waals surface area contributed by atoms with E-state index in [2.05, 4.69) is 38.1 Å². The fourth-order valence-electron chi connectivity index (χ4n) is 0.637. The highest BCUT2D eigenvalue weighted by Crippen LogP contribution is 1.99. The van der Waals surface area contributed by atoms with Gasteiger partial charge in [-0.1, -0.05) is 42.8 Å². The Kier molecular flexibility index (Phi) is 18.1. The summed E-state index contributed by atoms with van der Waals surface area (Å²) in [6.45, 7) is 4.19. The van der Waals surface area contributed by atoms with Gasteiger partial charge in [0, 0.05) is 0 Å². The Bertz CT molecular complexity index is 273. The number of benzene rings is 1. The molecule has 1 aromatic rings. The highest BCUT2D eigenvalue weighted by molar-refractivity contribution is 5.26. The molecule has 0 saturated carbocycles. The number of hydrogen-bond donors (Lipinski definition) is 2. The van der Waals surface area contributed by atoms with Crippen LogP contribution in [0.4, 0.5) is 0 Å². The van der Waals surface area contributed by atoms with E-state index >= 15 is 0 Å². The highest BCUT2D eigenvalue weighted by Gasteiger charge is 1.79. The van der Waals surface area contributed by atoms with Crippen LogP contribution in [0.3, 0.4) is 0 Å². The van der Waals surface area contributed by atoms with Crippen molar-refractivity contribution in [3.05, 3.63) is 35.4 Å². The Morgan fingerprint density at radius 1 is 0.867 bits per heavy atom. The van der Waals surface area contributed by atoms with E-state index in [1.54, 1.807) is 0 Å². The molecular formula is C11H16N2O2. The Balaban J connectivity index is -0.000000177. The van der Waals surface area contributed by atoms with Gasteiger partial charge in [0.25, 0.3) is 0 Å². The highest BCUT2D eigenvalue weighted by atomic mass is 16.1. The van der Waals surface area contributed by atoms with Crippen LogP contribution >= 0.6 is 0 Å². The first kappa shape index (κ1) is 18.7. The molecule has 0 unspecified atom stereocenters. The Morgan fingerprint density at radius 2 is 1.00 bits per heavy atom. The minimum Gasteiger partial charge on any atom is -0.222 e. The monoisotopic (exact) mass is 208 g/mol. The molecule has 0 heterocycles. The van der Waals surface area contributed by atoms with Crippen LogP contribution in [0.5, 0.6) is 0 Å². The Hall–Kier alpha value is -2.02. The lowest BCUT2D eigenvalue weighted by Crippen LogP contribution is -1.70. The Morgan fingerprint density at radius 3 is 1.13 bits per heavy atom. The predicted molar refractivity (Wildman–Crippen MR) is 59.5 cm³/mol. The number of isocyanates is 2. The first-order valence-corrected chi connectivity index (χ1v) is 3.73. The number of nitrogens with one attached hydrogen (secondary N) is 2. The van der Waals surface area contributed by atoms with Crippen molar-refractivity contribution >= 4 is 12.2 Å². The van der Waals surface area contributed by atoms with Crippen molar-refractivity contribution in [2.24, 2.45) is 0 Å². The van der Waals surface area contributed by atoms with Crippen molar-refractivity contribution in [1.29, 1.82) is 10.8 Å². The molecule has 0 aliphatic heterocycles. The van der Waals surface area contributed by atoms with E-state index in [0.717, 1.165) is 12.2 Å². The van der Waals surface area contributed by atoms with Crippen molar-refractivity contribution in [2.45, 2.75) is 21.3 Å². The summed E-state index contributed by atoms with van der Waals surface area (Å²) in [6, 6.07) is 8.48. The largest absolute Gasteiger partial charge is 0.231 e. The molecule has 15 heavy (non-hydrogen) atoms. The van der Waals surface area contributed by atoms with Gasteiger partial charge in [-0.15, -0.1) is 0 Å². The topological polar surface area (TPSA) is 81.8 Å². The number of rotatable bonds is 0. The van der Waals surface area contributed by atoms with E-state index in [9.17, 15) is 0 Å². The zero-order valence-corrected chi connectivity index (χ0v) is 8.13. The molecule has 0 radical (unpaired) electrons. The van der Waals surface area contributed by atoms with Crippen molar-refractivity contribution in [1.82, 2.24) is 0 Å². The maximum absolute atomic E-state index is 8.35. The molecule has 82 valence electrons. The maximum atomic E-state index is 8.35. The summed E-state index contributed by atoms with van der Waals surface area (Å²) in [4.78, 5) is 16.7. The number of hydrogen-bond acceptors (Lipinski definition) is 4. The minimum absolute atomic E-state index is 0. The molecule has 1 aromatic carbocycles. The van der Waals surface area contributed by atoms with E-state index in [1.165, 1.54) is 11.1 Å². The fourth-order valence-corrected chi connectivity index (χ4v) is 0.637. The van der Waals surface area contributed by atoms with E-state index < -0.39 is 0 Å². The summed E-state index contributed by atoms with van der Waals surface area (Å²) in [5.74, 6) is 0. The van der Waals surface area contributed by atoms with Crippen molar-refractivity contribution in [2.75, 3.05) is 0 Å². The van der Waals surface area contributed by atoms with E-state index in [0.29, 0.717) is 0 Å². The lowest BCUT2D eigenvalue weighted by atomic mass is 10.2. The molecule has 2 N–H and O–H groups in total. The second-order valence-electron chi connectivity index (χ2n) is 2.36. The Labute approximate surface area is 90.0 Å². The van der Waals surface area contributed by atoms with Crippen LogP contribution < -0.4 is 0 Å². The molecule has 0 amide bonds. The summed E-state index contributed by atoms with van der Waals surface area (Å²) < 4.78 is 0. The zero-order chi connectivity index (χ0) is 11.4. The molecule has 0 fully saturated rings. The molecule has 4 heteroatoms. The van der Waals surface area contributed by atoms with Crippen LogP contribution in [0, 0.1) is 24.7 Å². The average molecular weight is 208 g/mol. The quantitative estimate of drug-likeness (QED) is 0.507. The van der Waals surface area contributed by atoms with Gasteiger partial charge in [0.2, 0.25) is 12.2 Å². The molecule has 0 bridgehead atoms. The van der Waals surface area contributed by atoms with Crippen LogP contribution in [-0.4, -0.2) is 12.2 Å². The second kappa shape index (κ2) is 14.5. The van der Waals surface area contributed by atoms with Crippen LogP contribution in [0.2, 0.25) is 0 Å². The summed E-state index contributed by atoms with van der Waals surface area (Å²) >= 11 is 0. The lowest BCUT2D eigenvalue weighted by molar-refractivity contribution is 0.562. The third kappa shape index (κ3) is 18.7. The summed E-state index contributed by atoms with van der Waals surface area (Å²) in [5, 5.41) is 10.8. The van der Waals surface area contributed by atoms with Gasteiger partial charge >= 0.3 is 0 Å². The summed E-state index contributed by atoms with van der Waals surface area (Å²) in [7, 11) is 0. The predicted octanol–water partition coefficient (Wildman–Crippen LogP) is 2.74. The molecule has 1 rings (SSSR count). The fraction of sp³-hybridized carbons (Fsp3) is 0.273. The van der Waals surface area contributed by atoms with Crippen molar-refractivity contribution < 1.29 is 9.59 Å². The van der Waals surface area contributed by atoms with Crippen molar-refractivity contribution in [3.63, 3.8) is 0 Å². The normalized spacial score (nSPS) is 6.00. The van der Waals surface area contributed by atoms with Gasteiger partial charge in [-0.2, -0.15) is 0 Å². The molecule has 0 aromatic heterocycles. The van der Waals surface area contributed by atoms with Crippen LogP contribution in [0.25, 0.3) is 0 Å². The summed E-state index contributed by atoms with van der Waals surface area (Å²) in [5.41, 5.74) is 2.66. The van der Waals surface area contributed by atoms with Gasteiger partial charge in [0.1, 0.15) is 0 Å². The molecule has 0 atom stereocenters. The van der Waals surface area contributed by atoms with Crippen LogP contribution in [0.15, 0.2) is 24.3 Å². The molecule has 0 aliphatic carbocycles. The zero-order valence-electron chi connectivity index (χ0n) is 8.13. The van der Waals surface area contributed by atoms with Gasteiger partial charge in [0.15, 0.2) is 0 Å². The molecule has 0 spiro atoms. The lowest BCUT2D eigenvalue weighted by Gasteiger charge is -1.90. The van der Waals surface area contributed by atoms with Crippen LogP contribution in [0.1, 0.15) is 18.6 Å². The smallest absolute Gasteiger partial charge is 0.222 e. The molecular weight excluding hydrogens is 192 g/mol. The van der Waals surface area contributed by atoms with Gasteiger partial charge in [0.05, 0.1) is 0 Å².